The number of thioether (sulfide) groups is 1. The zero-order valence-corrected chi connectivity index (χ0v) is 27.2. The summed E-state index contributed by atoms with van der Waals surface area (Å²) in [6.45, 7) is 3.97. The van der Waals surface area contributed by atoms with E-state index in [-0.39, 0.29) is 16.6 Å². The molecule has 208 valence electrons. The van der Waals surface area contributed by atoms with Crippen LogP contribution >= 0.6 is 55.2 Å². The molecule has 4 aromatic carbocycles. The van der Waals surface area contributed by atoms with E-state index in [4.69, 9.17) is 20.8 Å². The lowest BCUT2D eigenvalue weighted by atomic mass is 10.1. The number of carbonyl (C=O) groups excluding carboxylic acids is 1. The quantitative estimate of drug-likeness (QED) is 0.146. The molecule has 1 amide bonds. The van der Waals surface area contributed by atoms with Gasteiger partial charge in [-0.15, -0.1) is 0 Å². The van der Waals surface area contributed by atoms with E-state index in [0.29, 0.717) is 41.0 Å². The molecule has 0 atom stereocenters. The fraction of sp³-hybridized carbons (Fsp3) is 0.0667. The van der Waals surface area contributed by atoms with Gasteiger partial charge < -0.3 is 4.18 Å². The fourth-order valence-electron chi connectivity index (χ4n) is 3.88. The Labute approximate surface area is 264 Å². The van der Waals surface area contributed by atoms with E-state index in [0.717, 1.165) is 11.1 Å². The average Bonchev–Trinajstić information content (AvgIpc) is 3.22. The maximum absolute atomic E-state index is 13.8. The van der Waals surface area contributed by atoms with Gasteiger partial charge in [0.25, 0.3) is 5.91 Å². The molecule has 0 saturated carbocycles. The molecule has 6 nitrogen and oxygen atoms in total. The second-order valence-corrected chi connectivity index (χ2v) is 13.9. The third-order valence-corrected chi connectivity index (χ3v) is 9.48. The van der Waals surface area contributed by atoms with E-state index in [1.165, 1.54) is 36.0 Å². The molecule has 0 N–H and O–H groups in total. The van der Waals surface area contributed by atoms with Gasteiger partial charge in [0.15, 0.2) is 10.9 Å². The fourth-order valence-corrected chi connectivity index (χ4v) is 7.41. The lowest BCUT2D eigenvalue weighted by molar-refractivity contribution is -0.113. The lowest BCUT2D eigenvalue weighted by Gasteiger charge is -2.16. The number of rotatable bonds is 6. The van der Waals surface area contributed by atoms with E-state index in [9.17, 15) is 13.2 Å². The first-order valence-corrected chi connectivity index (χ1v) is 16.3. The van der Waals surface area contributed by atoms with Crippen LogP contribution in [0.25, 0.3) is 6.08 Å². The topological polar surface area (TPSA) is 76.0 Å². The number of carbonyl (C=O) groups is 1. The van der Waals surface area contributed by atoms with Gasteiger partial charge in [-0.25, -0.2) is 4.99 Å². The summed E-state index contributed by atoms with van der Waals surface area (Å²) in [5, 5.41) is 0.872. The number of amidine groups is 1. The average molecular weight is 733 g/mol. The zero-order valence-electron chi connectivity index (χ0n) is 21.6. The highest BCUT2D eigenvalue weighted by molar-refractivity contribution is 9.11. The molecule has 1 saturated heterocycles. The Balaban J connectivity index is 1.58. The highest BCUT2D eigenvalue weighted by Gasteiger charge is 2.35. The molecule has 5 rings (SSSR count). The van der Waals surface area contributed by atoms with Crippen LogP contribution in [-0.2, 0) is 14.9 Å². The predicted molar refractivity (Wildman–Crippen MR) is 174 cm³/mol. The lowest BCUT2D eigenvalue weighted by Crippen LogP contribution is -2.28. The number of benzene rings is 4. The Morgan fingerprint density at radius 1 is 0.902 bits per heavy atom. The Kier molecular flexibility index (Phi) is 8.77. The molecule has 11 heteroatoms. The minimum Gasteiger partial charge on any atom is -0.377 e. The van der Waals surface area contributed by atoms with Crippen LogP contribution in [0.15, 0.2) is 109 Å². The van der Waals surface area contributed by atoms with Gasteiger partial charge in [0.2, 0.25) is 0 Å². The van der Waals surface area contributed by atoms with Crippen molar-refractivity contribution in [1.29, 1.82) is 0 Å². The standard InChI is InChI=1S/C30H21Br2ClN2O4S2/c1-18-3-9-23(10-4-18)34-30-35(24-11-5-19(2)6-12-24)29(36)27(40-30)16-20-15-21(31)17-26(32)28(20)39-41(37,38)25-13-7-22(33)8-14-25/h3-17H,1-2H3/b27-16-,34-30?. The van der Waals surface area contributed by atoms with E-state index < -0.39 is 10.1 Å². The second-order valence-electron chi connectivity index (χ2n) is 9.11. The molecule has 1 aliphatic rings. The number of nitrogens with zero attached hydrogens (tertiary/aromatic N) is 2. The first kappa shape index (κ1) is 29.6. The molecular formula is C30H21Br2ClN2O4S2. The van der Waals surface area contributed by atoms with Crippen molar-refractivity contribution in [3.63, 3.8) is 0 Å². The Morgan fingerprint density at radius 3 is 2.15 bits per heavy atom. The molecule has 4 aromatic rings. The van der Waals surface area contributed by atoms with Crippen LogP contribution < -0.4 is 9.08 Å². The van der Waals surface area contributed by atoms with Gasteiger partial charge in [0.05, 0.1) is 20.8 Å². The summed E-state index contributed by atoms with van der Waals surface area (Å²) in [6, 6.07) is 24.3. The largest absolute Gasteiger partial charge is 0.377 e. The SMILES string of the molecule is Cc1ccc(N=C2S/C(=C\c3cc(Br)cc(Br)c3OS(=O)(=O)c3ccc(Cl)cc3)C(=O)N2c2ccc(C)cc2)cc1. The smallest absolute Gasteiger partial charge is 0.339 e. The summed E-state index contributed by atoms with van der Waals surface area (Å²) < 4.78 is 32.9. The van der Waals surface area contributed by atoms with Gasteiger partial charge >= 0.3 is 10.1 Å². The van der Waals surface area contributed by atoms with Crippen LogP contribution in [-0.4, -0.2) is 19.5 Å². The second kappa shape index (κ2) is 12.1. The number of hydrogen-bond donors (Lipinski definition) is 0. The molecule has 1 fully saturated rings. The van der Waals surface area contributed by atoms with Crippen molar-refractivity contribution < 1.29 is 17.4 Å². The highest BCUT2D eigenvalue weighted by Crippen LogP contribution is 2.41. The Morgan fingerprint density at radius 2 is 1.51 bits per heavy atom. The maximum Gasteiger partial charge on any atom is 0.339 e. The van der Waals surface area contributed by atoms with Crippen LogP contribution in [0.1, 0.15) is 16.7 Å². The van der Waals surface area contributed by atoms with Crippen LogP contribution in [0.4, 0.5) is 11.4 Å². The molecule has 0 bridgehead atoms. The Bertz CT molecular complexity index is 1810. The number of hydrogen-bond acceptors (Lipinski definition) is 6. The predicted octanol–water partition coefficient (Wildman–Crippen LogP) is 9.06. The van der Waals surface area contributed by atoms with Crippen LogP contribution in [0.2, 0.25) is 5.02 Å². The highest BCUT2D eigenvalue weighted by atomic mass is 79.9. The van der Waals surface area contributed by atoms with Crippen molar-refractivity contribution in [3.8, 4) is 5.75 Å². The molecule has 0 aliphatic carbocycles. The molecule has 0 spiro atoms. The van der Waals surface area contributed by atoms with Crippen LogP contribution in [0, 0.1) is 13.8 Å². The van der Waals surface area contributed by atoms with Crippen molar-refractivity contribution in [3.05, 3.63) is 120 Å². The minimum atomic E-state index is -4.21. The van der Waals surface area contributed by atoms with E-state index >= 15 is 0 Å². The van der Waals surface area contributed by atoms with Crippen molar-refractivity contribution in [2.75, 3.05) is 4.90 Å². The van der Waals surface area contributed by atoms with Gasteiger partial charge in [-0.3, -0.25) is 9.69 Å². The number of aliphatic imine (C=N–C) groups is 1. The van der Waals surface area contributed by atoms with Crippen molar-refractivity contribution in [2.24, 2.45) is 4.99 Å². The van der Waals surface area contributed by atoms with Gasteiger partial charge in [-0.2, -0.15) is 8.42 Å². The van der Waals surface area contributed by atoms with Crippen molar-refractivity contribution in [1.82, 2.24) is 0 Å². The van der Waals surface area contributed by atoms with E-state index in [1.807, 2.05) is 62.4 Å². The number of aryl methyl sites for hydroxylation is 2. The number of halogens is 3. The monoisotopic (exact) mass is 730 g/mol. The van der Waals surface area contributed by atoms with Crippen LogP contribution in [0.5, 0.6) is 5.75 Å². The van der Waals surface area contributed by atoms with E-state index in [2.05, 4.69) is 31.9 Å². The first-order chi connectivity index (χ1) is 19.5. The van der Waals surface area contributed by atoms with Crippen molar-refractivity contribution in [2.45, 2.75) is 18.7 Å². The number of anilines is 1. The zero-order chi connectivity index (χ0) is 29.3. The molecule has 0 aromatic heterocycles. The molecule has 1 heterocycles. The van der Waals surface area contributed by atoms with Gasteiger partial charge in [-0.05, 0) is 108 Å². The number of amides is 1. The third kappa shape index (κ3) is 6.79. The van der Waals surface area contributed by atoms with Crippen molar-refractivity contribution >= 4 is 93.9 Å². The molecular weight excluding hydrogens is 712 g/mol. The third-order valence-electron chi connectivity index (χ3n) is 5.98. The minimum absolute atomic E-state index is 0.0369. The summed E-state index contributed by atoms with van der Waals surface area (Å²) in [5.41, 5.74) is 3.90. The molecule has 0 radical (unpaired) electrons. The summed E-state index contributed by atoms with van der Waals surface area (Å²) in [5.74, 6) is -0.262. The summed E-state index contributed by atoms with van der Waals surface area (Å²) in [6.07, 6.45) is 1.61. The summed E-state index contributed by atoms with van der Waals surface area (Å²) in [4.78, 5) is 20.4. The van der Waals surface area contributed by atoms with Gasteiger partial charge in [0.1, 0.15) is 4.90 Å². The van der Waals surface area contributed by atoms with E-state index in [1.54, 1.807) is 23.1 Å². The van der Waals surface area contributed by atoms with Gasteiger partial charge in [-0.1, -0.05) is 62.9 Å². The van der Waals surface area contributed by atoms with Crippen LogP contribution in [0.3, 0.4) is 0 Å². The summed E-state index contributed by atoms with van der Waals surface area (Å²) >= 11 is 14.0. The molecule has 1 aliphatic heterocycles. The molecule has 41 heavy (non-hydrogen) atoms. The summed E-state index contributed by atoms with van der Waals surface area (Å²) in [7, 11) is -4.21. The Hall–Kier alpha value is -2.89. The normalized spacial score (nSPS) is 15.6. The maximum atomic E-state index is 13.8. The van der Waals surface area contributed by atoms with Gasteiger partial charge in [0, 0.05) is 15.1 Å². The first-order valence-electron chi connectivity index (χ1n) is 12.2. The molecule has 0 unspecified atom stereocenters.